The molecule has 12 heavy (non-hydrogen) atoms. The molecular weight excluding hydrogens is 386 g/mol. The van der Waals surface area contributed by atoms with Crippen molar-refractivity contribution in [2.75, 3.05) is 13.1 Å². The van der Waals surface area contributed by atoms with Gasteiger partial charge in [0, 0.05) is 22.9 Å². The van der Waals surface area contributed by atoms with E-state index in [0.717, 1.165) is 0 Å². The van der Waals surface area contributed by atoms with Crippen molar-refractivity contribution in [1.82, 2.24) is 6.64 Å². The minimum atomic E-state index is -0.831. The van der Waals surface area contributed by atoms with Gasteiger partial charge in [0.25, 0.3) is 0 Å². The van der Waals surface area contributed by atoms with Crippen molar-refractivity contribution in [3.05, 3.63) is 0 Å². The van der Waals surface area contributed by atoms with E-state index in [1.807, 2.05) is 45.7 Å². The Balaban J connectivity index is 3.87. The summed E-state index contributed by atoms with van der Waals surface area (Å²) >= 11 is 3.81. The number of aliphatic hydroxyl groups is 1. The van der Waals surface area contributed by atoms with Gasteiger partial charge in [-0.05, 0) is 13.8 Å². The molecule has 6 heteroatoms. The van der Waals surface area contributed by atoms with Crippen LogP contribution in [-0.4, -0.2) is 32.8 Å². The van der Waals surface area contributed by atoms with Gasteiger partial charge in [-0.2, -0.15) is 0 Å². The summed E-state index contributed by atoms with van der Waals surface area (Å²) in [7, 11) is 0. The molecule has 0 heterocycles. The smallest absolute Gasteiger partial charge is 0.246 e. The highest BCUT2D eigenvalue weighted by molar-refractivity contribution is 14.1. The van der Waals surface area contributed by atoms with E-state index in [4.69, 9.17) is 0 Å². The normalized spacial score (nSPS) is 11.4. The molecule has 0 spiro atoms. The molecule has 0 atom stereocenters. The highest BCUT2D eigenvalue weighted by Gasteiger charge is 2.19. The van der Waals surface area contributed by atoms with Crippen molar-refractivity contribution in [2.45, 2.75) is 19.4 Å². The zero-order chi connectivity index (χ0) is 9.78. The summed E-state index contributed by atoms with van der Waals surface area (Å²) in [5.74, 6) is -0.0351. The van der Waals surface area contributed by atoms with Crippen LogP contribution in [0.25, 0.3) is 0 Å². The Labute approximate surface area is 100 Å². The molecule has 0 rings (SSSR count). The molecule has 0 bridgehead atoms. The van der Waals surface area contributed by atoms with Crippen LogP contribution in [0.4, 0.5) is 0 Å². The predicted octanol–water partition coefficient (Wildman–Crippen LogP) is 0.876. The maximum Gasteiger partial charge on any atom is 0.246 e. The highest BCUT2D eigenvalue weighted by Crippen LogP contribution is 2.09. The van der Waals surface area contributed by atoms with Gasteiger partial charge in [-0.15, -0.1) is 0 Å². The van der Waals surface area contributed by atoms with Crippen molar-refractivity contribution in [3.8, 4) is 0 Å². The number of amides is 1. The van der Waals surface area contributed by atoms with Gasteiger partial charge in [0.1, 0.15) is 0 Å². The minimum Gasteiger partial charge on any atom is -0.389 e. The van der Waals surface area contributed by atoms with E-state index >= 15 is 0 Å². The number of halogens is 2. The van der Waals surface area contributed by atoms with Gasteiger partial charge in [0.2, 0.25) is 5.91 Å². The third-order valence-electron chi connectivity index (χ3n) is 1.01. The number of carbonyl (C=O) groups excluding carboxylic acids is 1. The summed E-state index contributed by atoms with van der Waals surface area (Å²) in [6, 6.07) is 0. The molecule has 72 valence electrons. The Kier molecular flexibility index (Phi) is 5.95. The van der Waals surface area contributed by atoms with Crippen LogP contribution in [0.1, 0.15) is 13.8 Å². The van der Waals surface area contributed by atoms with Gasteiger partial charge in [0.05, 0.1) is 41.6 Å². The first-order valence-electron chi connectivity index (χ1n) is 3.39. The van der Waals surface area contributed by atoms with Crippen LogP contribution in [0.2, 0.25) is 0 Å². The molecule has 0 aliphatic heterocycles. The SMILES string of the molecule is CC(C)(O)CN(I)C(=O)CNI. The number of nitrogens with zero attached hydrogens (tertiary/aromatic N) is 1. The average Bonchev–Trinajstić information content (AvgIpc) is 1.84. The Morgan fingerprint density at radius 2 is 2.17 bits per heavy atom. The molecule has 1 amide bonds. The lowest BCUT2D eigenvalue weighted by Gasteiger charge is -2.23. The van der Waals surface area contributed by atoms with Crippen LogP contribution < -0.4 is 3.53 Å². The lowest BCUT2D eigenvalue weighted by Crippen LogP contribution is -2.38. The Morgan fingerprint density at radius 3 is 2.50 bits per heavy atom. The molecule has 0 radical (unpaired) electrons. The summed E-state index contributed by atoms with van der Waals surface area (Å²) in [4.78, 5) is 11.2. The Morgan fingerprint density at radius 1 is 1.67 bits per heavy atom. The molecule has 0 saturated heterocycles. The quantitative estimate of drug-likeness (QED) is 0.547. The lowest BCUT2D eigenvalue weighted by atomic mass is 10.1. The van der Waals surface area contributed by atoms with Gasteiger partial charge in [-0.25, -0.2) is 0 Å². The van der Waals surface area contributed by atoms with Crippen molar-refractivity contribution in [3.63, 3.8) is 0 Å². The second-order valence-electron chi connectivity index (χ2n) is 3.04. The first-order chi connectivity index (χ1) is 5.37. The fourth-order valence-corrected chi connectivity index (χ4v) is 1.90. The molecule has 2 N–H and O–H groups in total. The molecular formula is C6H12I2N2O2. The molecule has 0 fully saturated rings. The lowest BCUT2D eigenvalue weighted by molar-refractivity contribution is -0.125. The molecule has 0 saturated carbocycles. The highest BCUT2D eigenvalue weighted by atomic mass is 127. The molecule has 0 aromatic heterocycles. The topological polar surface area (TPSA) is 52.6 Å². The monoisotopic (exact) mass is 398 g/mol. The molecule has 0 aromatic carbocycles. The van der Waals surface area contributed by atoms with Crippen LogP contribution in [0.3, 0.4) is 0 Å². The van der Waals surface area contributed by atoms with E-state index in [1.54, 1.807) is 13.8 Å². The first-order valence-corrected chi connectivity index (χ1v) is 5.43. The summed E-state index contributed by atoms with van der Waals surface area (Å²) < 4.78 is 4.20. The molecule has 0 aromatic rings. The van der Waals surface area contributed by atoms with Gasteiger partial charge in [0.15, 0.2) is 0 Å². The summed E-state index contributed by atoms with van der Waals surface area (Å²) in [6.45, 7) is 3.97. The zero-order valence-corrected chi connectivity index (χ0v) is 11.3. The number of rotatable bonds is 4. The third kappa shape index (κ3) is 6.38. The van der Waals surface area contributed by atoms with Gasteiger partial charge < -0.3 is 5.11 Å². The maximum absolute atomic E-state index is 11.2. The van der Waals surface area contributed by atoms with Gasteiger partial charge >= 0.3 is 0 Å². The molecule has 0 aliphatic rings. The van der Waals surface area contributed by atoms with Crippen LogP contribution >= 0.6 is 45.7 Å². The molecule has 4 nitrogen and oxygen atoms in total. The van der Waals surface area contributed by atoms with Crippen LogP contribution in [0, 0.1) is 0 Å². The number of hydrogen-bond donors (Lipinski definition) is 2. The van der Waals surface area contributed by atoms with Gasteiger partial charge in [-0.3, -0.25) is 11.4 Å². The molecule has 0 aliphatic carbocycles. The van der Waals surface area contributed by atoms with Crippen molar-refractivity contribution in [2.24, 2.45) is 0 Å². The summed E-state index contributed by atoms with van der Waals surface area (Å²) in [5, 5.41) is 9.38. The summed E-state index contributed by atoms with van der Waals surface area (Å²) in [6.07, 6.45) is 0. The predicted molar refractivity (Wildman–Crippen MR) is 64.1 cm³/mol. The van der Waals surface area contributed by atoms with Crippen molar-refractivity contribution in [1.29, 1.82) is 0 Å². The first kappa shape index (κ1) is 12.8. The molecule has 0 unspecified atom stereocenters. The average molecular weight is 398 g/mol. The number of carbonyl (C=O) groups is 1. The third-order valence-corrected chi connectivity index (χ3v) is 2.28. The minimum absolute atomic E-state index is 0.0351. The Hall–Kier alpha value is 0.850. The van der Waals surface area contributed by atoms with Crippen LogP contribution in [-0.2, 0) is 4.79 Å². The van der Waals surface area contributed by atoms with E-state index in [1.165, 1.54) is 3.11 Å². The maximum atomic E-state index is 11.2. The number of nitrogens with one attached hydrogen (secondary N) is 1. The van der Waals surface area contributed by atoms with Crippen molar-refractivity contribution < 1.29 is 9.90 Å². The largest absolute Gasteiger partial charge is 0.389 e. The van der Waals surface area contributed by atoms with E-state index in [2.05, 4.69) is 3.53 Å². The zero-order valence-electron chi connectivity index (χ0n) is 6.97. The van der Waals surface area contributed by atoms with E-state index in [0.29, 0.717) is 13.1 Å². The number of hydrogen-bond acceptors (Lipinski definition) is 3. The fourth-order valence-electron chi connectivity index (χ4n) is 0.571. The van der Waals surface area contributed by atoms with Crippen molar-refractivity contribution >= 4 is 51.6 Å². The standard InChI is InChI=1S/C6H12I2N2O2/c1-6(2,12)4-10(8)5(11)3-9-7/h9,12H,3-4H2,1-2H3. The van der Waals surface area contributed by atoms with E-state index < -0.39 is 5.60 Å². The second kappa shape index (κ2) is 5.55. The van der Waals surface area contributed by atoms with Gasteiger partial charge in [-0.1, -0.05) is 0 Å². The summed E-state index contributed by atoms with van der Waals surface area (Å²) in [5.41, 5.74) is -0.831. The van der Waals surface area contributed by atoms with E-state index in [9.17, 15) is 9.90 Å². The van der Waals surface area contributed by atoms with Crippen LogP contribution in [0.15, 0.2) is 0 Å². The fraction of sp³-hybridized carbons (Fsp3) is 0.833. The Bertz CT molecular complexity index is 158. The van der Waals surface area contributed by atoms with Crippen LogP contribution in [0.5, 0.6) is 0 Å². The van der Waals surface area contributed by atoms with E-state index in [-0.39, 0.29) is 5.91 Å². The second-order valence-corrected chi connectivity index (χ2v) is 4.96.